The lowest BCUT2D eigenvalue weighted by molar-refractivity contribution is 0.201. The molecule has 3 heteroatoms. The molecule has 1 N–H and O–H groups in total. The molecular formula is C18H22N2O. The summed E-state index contributed by atoms with van der Waals surface area (Å²) in [6, 6.07) is 20.0. The van der Waals surface area contributed by atoms with Crippen LogP contribution in [0.25, 0.3) is 0 Å². The van der Waals surface area contributed by atoms with Gasteiger partial charge in [0.15, 0.2) is 0 Å². The largest absolute Gasteiger partial charge is 0.327 e. The zero-order valence-electron chi connectivity index (χ0n) is 12.6. The van der Waals surface area contributed by atoms with E-state index in [0.717, 1.165) is 11.1 Å². The first kappa shape index (κ1) is 15.1. The topological polar surface area (TPSA) is 32.3 Å². The maximum Gasteiger partial charge on any atom is 0.318 e. The van der Waals surface area contributed by atoms with Crippen molar-refractivity contribution in [1.29, 1.82) is 0 Å². The molecular weight excluding hydrogens is 260 g/mol. The lowest BCUT2D eigenvalue weighted by Gasteiger charge is -2.25. The number of urea groups is 1. The van der Waals surface area contributed by atoms with Crippen LogP contribution in [0.1, 0.15) is 31.0 Å². The molecule has 2 aromatic carbocycles. The summed E-state index contributed by atoms with van der Waals surface area (Å²) < 4.78 is 0. The van der Waals surface area contributed by atoms with E-state index in [1.807, 2.05) is 74.5 Å². The van der Waals surface area contributed by atoms with Gasteiger partial charge in [-0.2, -0.15) is 0 Å². The summed E-state index contributed by atoms with van der Waals surface area (Å²) in [7, 11) is 0. The molecule has 0 aromatic heterocycles. The molecule has 0 saturated heterocycles. The normalized spacial score (nSPS) is 10.4. The highest BCUT2D eigenvalue weighted by Gasteiger charge is 2.18. The van der Waals surface area contributed by atoms with E-state index >= 15 is 0 Å². The van der Waals surface area contributed by atoms with Gasteiger partial charge in [0.2, 0.25) is 0 Å². The van der Waals surface area contributed by atoms with Crippen LogP contribution in [-0.2, 0) is 0 Å². The predicted octanol–water partition coefficient (Wildman–Crippen LogP) is 3.83. The highest BCUT2D eigenvalue weighted by molar-refractivity contribution is 5.75. The van der Waals surface area contributed by atoms with E-state index in [1.165, 1.54) is 0 Å². The van der Waals surface area contributed by atoms with Gasteiger partial charge in [0.1, 0.15) is 0 Å². The Balaban J connectivity index is 2.27. The molecule has 0 unspecified atom stereocenters. The number of carbonyl (C=O) groups is 1. The maximum atomic E-state index is 12.4. The van der Waals surface area contributed by atoms with Gasteiger partial charge in [-0.05, 0) is 25.0 Å². The molecule has 2 aromatic rings. The van der Waals surface area contributed by atoms with E-state index in [4.69, 9.17) is 0 Å². The van der Waals surface area contributed by atoms with Gasteiger partial charge in [-0.15, -0.1) is 0 Å². The molecule has 0 spiro atoms. The van der Waals surface area contributed by atoms with Gasteiger partial charge < -0.3 is 10.2 Å². The maximum absolute atomic E-state index is 12.4. The van der Waals surface area contributed by atoms with Gasteiger partial charge in [0.05, 0.1) is 6.04 Å². The second kappa shape index (κ2) is 7.48. The summed E-state index contributed by atoms with van der Waals surface area (Å²) in [5.41, 5.74) is 2.17. The summed E-state index contributed by atoms with van der Waals surface area (Å²) in [6.45, 7) is 5.39. The van der Waals surface area contributed by atoms with Crippen molar-refractivity contribution in [2.75, 3.05) is 13.1 Å². The third kappa shape index (κ3) is 3.85. The molecule has 21 heavy (non-hydrogen) atoms. The zero-order chi connectivity index (χ0) is 15.1. The van der Waals surface area contributed by atoms with Crippen LogP contribution in [0.3, 0.4) is 0 Å². The third-order valence-electron chi connectivity index (χ3n) is 3.58. The van der Waals surface area contributed by atoms with E-state index in [2.05, 4.69) is 5.32 Å². The molecule has 2 rings (SSSR count). The van der Waals surface area contributed by atoms with Crippen LogP contribution < -0.4 is 5.32 Å². The van der Waals surface area contributed by atoms with Crippen LogP contribution in [-0.4, -0.2) is 24.0 Å². The number of benzene rings is 2. The Bertz CT molecular complexity index is 510. The molecule has 0 fully saturated rings. The highest BCUT2D eigenvalue weighted by Crippen LogP contribution is 2.21. The molecule has 0 radical (unpaired) electrons. The summed E-state index contributed by atoms with van der Waals surface area (Å²) in [5.74, 6) is 0. The zero-order valence-corrected chi connectivity index (χ0v) is 12.6. The molecule has 3 nitrogen and oxygen atoms in total. The summed E-state index contributed by atoms with van der Waals surface area (Å²) in [4.78, 5) is 14.2. The fourth-order valence-electron chi connectivity index (χ4n) is 2.38. The van der Waals surface area contributed by atoms with Crippen LogP contribution in [0, 0.1) is 0 Å². The Labute approximate surface area is 126 Å². The molecule has 0 aliphatic heterocycles. The summed E-state index contributed by atoms with van der Waals surface area (Å²) >= 11 is 0. The van der Waals surface area contributed by atoms with E-state index < -0.39 is 0 Å². The molecule has 0 aliphatic rings. The van der Waals surface area contributed by atoms with Crippen molar-refractivity contribution < 1.29 is 4.79 Å². The molecule has 0 bridgehead atoms. The van der Waals surface area contributed by atoms with Gasteiger partial charge in [-0.25, -0.2) is 4.79 Å². The third-order valence-corrected chi connectivity index (χ3v) is 3.58. The number of amides is 2. The standard InChI is InChI=1S/C18H22N2O/c1-3-20(4-2)18(21)19-17(15-11-7-5-8-12-15)16-13-9-6-10-14-16/h5-14,17H,3-4H2,1-2H3,(H,19,21). The summed E-state index contributed by atoms with van der Waals surface area (Å²) in [6.07, 6.45) is 0. The Morgan fingerprint density at radius 2 is 1.33 bits per heavy atom. The number of carbonyl (C=O) groups excluding carboxylic acids is 1. The summed E-state index contributed by atoms with van der Waals surface area (Å²) in [5, 5.41) is 3.14. The first-order chi connectivity index (χ1) is 10.3. The van der Waals surface area contributed by atoms with Crippen molar-refractivity contribution in [3.63, 3.8) is 0 Å². The van der Waals surface area contributed by atoms with Crippen molar-refractivity contribution in [2.24, 2.45) is 0 Å². The van der Waals surface area contributed by atoms with Gasteiger partial charge in [-0.1, -0.05) is 60.7 Å². The van der Waals surface area contributed by atoms with Gasteiger partial charge >= 0.3 is 6.03 Å². The van der Waals surface area contributed by atoms with E-state index in [9.17, 15) is 4.79 Å². The second-order valence-electron chi connectivity index (χ2n) is 4.88. The SMILES string of the molecule is CCN(CC)C(=O)NC(c1ccccc1)c1ccccc1. The van der Waals surface area contributed by atoms with E-state index in [0.29, 0.717) is 13.1 Å². The smallest absolute Gasteiger partial charge is 0.318 e. The van der Waals surface area contributed by atoms with Gasteiger partial charge in [-0.3, -0.25) is 0 Å². The monoisotopic (exact) mass is 282 g/mol. The number of nitrogens with one attached hydrogen (secondary N) is 1. The Morgan fingerprint density at radius 3 is 1.71 bits per heavy atom. The Kier molecular flexibility index (Phi) is 5.38. The minimum atomic E-state index is -0.125. The molecule has 0 atom stereocenters. The number of hydrogen-bond acceptors (Lipinski definition) is 1. The van der Waals surface area contributed by atoms with Crippen molar-refractivity contribution in [2.45, 2.75) is 19.9 Å². The van der Waals surface area contributed by atoms with Crippen LogP contribution in [0.4, 0.5) is 4.79 Å². The van der Waals surface area contributed by atoms with E-state index in [-0.39, 0.29) is 12.1 Å². The first-order valence-electron chi connectivity index (χ1n) is 7.41. The van der Waals surface area contributed by atoms with E-state index in [1.54, 1.807) is 4.90 Å². The Hall–Kier alpha value is -2.29. The van der Waals surface area contributed by atoms with Crippen LogP contribution in [0.15, 0.2) is 60.7 Å². The minimum Gasteiger partial charge on any atom is -0.327 e. The molecule has 0 saturated carbocycles. The average Bonchev–Trinajstić information content (AvgIpc) is 2.55. The van der Waals surface area contributed by atoms with Crippen LogP contribution in [0.5, 0.6) is 0 Å². The van der Waals surface area contributed by atoms with Gasteiger partial charge in [0.25, 0.3) is 0 Å². The lowest BCUT2D eigenvalue weighted by atomic mass is 9.99. The quantitative estimate of drug-likeness (QED) is 0.888. The fraction of sp³-hybridized carbons (Fsp3) is 0.278. The van der Waals surface area contributed by atoms with Crippen LogP contribution in [0.2, 0.25) is 0 Å². The Morgan fingerprint density at radius 1 is 0.905 bits per heavy atom. The highest BCUT2D eigenvalue weighted by atomic mass is 16.2. The van der Waals surface area contributed by atoms with Crippen molar-refractivity contribution in [3.8, 4) is 0 Å². The number of hydrogen-bond donors (Lipinski definition) is 1. The molecule has 2 amide bonds. The minimum absolute atomic E-state index is 0.0299. The fourth-order valence-corrected chi connectivity index (χ4v) is 2.38. The van der Waals surface area contributed by atoms with Gasteiger partial charge in [0, 0.05) is 13.1 Å². The van der Waals surface area contributed by atoms with Crippen molar-refractivity contribution in [3.05, 3.63) is 71.8 Å². The number of nitrogens with zero attached hydrogens (tertiary/aromatic N) is 1. The lowest BCUT2D eigenvalue weighted by Crippen LogP contribution is -2.41. The first-order valence-corrected chi connectivity index (χ1v) is 7.41. The van der Waals surface area contributed by atoms with Crippen molar-refractivity contribution >= 4 is 6.03 Å². The molecule has 110 valence electrons. The predicted molar refractivity (Wildman–Crippen MR) is 86.2 cm³/mol. The average molecular weight is 282 g/mol. The number of rotatable bonds is 5. The van der Waals surface area contributed by atoms with Crippen molar-refractivity contribution in [1.82, 2.24) is 10.2 Å². The second-order valence-corrected chi connectivity index (χ2v) is 4.88. The molecule has 0 aliphatic carbocycles. The molecule has 0 heterocycles. The van der Waals surface area contributed by atoms with Crippen LogP contribution >= 0.6 is 0 Å².